The van der Waals surface area contributed by atoms with Crippen LogP contribution in [0.5, 0.6) is 11.5 Å². The average Bonchev–Trinajstić information content (AvgIpc) is 3.13. The number of carbonyl (C=O) groups excluding carboxylic acids is 1. The van der Waals surface area contributed by atoms with Crippen molar-refractivity contribution in [3.8, 4) is 39.8 Å². The van der Waals surface area contributed by atoms with Crippen molar-refractivity contribution in [3.05, 3.63) is 106 Å². The number of rotatable bonds is 10. The molecule has 49 heavy (non-hydrogen) atoms. The Labute approximate surface area is 281 Å². The predicted molar refractivity (Wildman–Crippen MR) is 181 cm³/mol. The monoisotopic (exact) mass is 666 g/mol. The van der Waals surface area contributed by atoms with Crippen molar-refractivity contribution < 1.29 is 34.7 Å². The molecule has 3 aromatic carbocycles. The number of phenolic OH excluding ortho intramolecular Hbond substituents is 1. The lowest BCUT2D eigenvalue weighted by Crippen LogP contribution is -2.42. The van der Waals surface area contributed by atoms with Crippen molar-refractivity contribution in [3.63, 3.8) is 0 Å². The number of aromatic nitrogens is 1. The van der Waals surface area contributed by atoms with Gasteiger partial charge in [0.15, 0.2) is 11.5 Å². The third kappa shape index (κ3) is 8.95. The van der Waals surface area contributed by atoms with Crippen molar-refractivity contribution in [2.75, 3.05) is 25.1 Å². The molecular weight excluding hydrogens is 632 g/mol. The number of hydrogen-bond donors (Lipinski definition) is 5. The first-order valence-electron chi connectivity index (χ1n) is 15.1. The molecule has 0 spiro atoms. The lowest BCUT2D eigenvalue weighted by molar-refractivity contribution is -0.384. The molecule has 14 heteroatoms. The Morgan fingerprint density at radius 3 is 2.35 bits per heavy atom. The predicted octanol–water partition coefficient (Wildman–Crippen LogP) is 4.89. The van der Waals surface area contributed by atoms with E-state index in [2.05, 4.69) is 16.3 Å². The van der Waals surface area contributed by atoms with Crippen LogP contribution in [-0.2, 0) is 16.1 Å². The van der Waals surface area contributed by atoms with Crippen LogP contribution in [-0.4, -0.2) is 63.9 Å². The number of nitro groups is 1. The molecule has 14 nitrogen and oxygen atoms in total. The number of anilines is 1. The van der Waals surface area contributed by atoms with Crippen LogP contribution in [0.4, 0.5) is 11.5 Å². The molecule has 0 unspecified atom stereocenters. The molecule has 0 saturated carbocycles. The van der Waals surface area contributed by atoms with Gasteiger partial charge in [-0.2, -0.15) is 5.26 Å². The number of hydrogen-bond acceptors (Lipinski definition) is 11. The summed E-state index contributed by atoms with van der Waals surface area (Å²) in [5, 5.41) is 51.3. The number of ether oxygens (including phenoxy) is 1. The summed E-state index contributed by atoms with van der Waals surface area (Å²) in [5.41, 5.74) is 6.18. The van der Waals surface area contributed by atoms with Crippen LogP contribution >= 0.6 is 0 Å². The van der Waals surface area contributed by atoms with Gasteiger partial charge in [-0.05, 0) is 65.4 Å². The molecule has 252 valence electrons. The molecule has 1 aromatic heterocycles. The zero-order valence-corrected chi connectivity index (χ0v) is 26.4. The first-order chi connectivity index (χ1) is 23.7. The number of phenols is 1. The minimum atomic E-state index is -0.592. The molecule has 4 aromatic rings. The summed E-state index contributed by atoms with van der Waals surface area (Å²) in [4.78, 5) is 37.2. The first kappa shape index (κ1) is 35.6. The van der Waals surface area contributed by atoms with Crippen molar-refractivity contribution in [2.24, 2.45) is 0 Å². The highest BCUT2D eigenvalue weighted by Crippen LogP contribution is 2.41. The molecule has 5 N–H and O–H groups in total. The van der Waals surface area contributed by atoms with Gasteiger partial charge in [0.1, 0.15) is 17.5 Å². The van der Waals surface area contributed by atoms with E-state index in [0.717, 1.165) is 24.0 Å². The highest BCUT2D eigenvalue weighted by atomic mass is 16.6. The van der Waals surface area contributed by atoms with E-state index in [1.165, 1.54) is 25.3 Å². The molecular formula is C35H34N6O8. The Morgan fingerprint density at radius 2 is 1.78 bits per heavy atom. The van der Waals surface area contributed by atoms with Gasteiger partial charge in [-0.1, -0.05) is 30.3 Å². The fourth-order valence-corrected chi connectivity index (χ4v) is 5.49. The average molecular weight is 667 g/mol. The number of piperidine rings is 1. The number of nitrogens with one attached hydrogen (secondary N) is 2. The Balaban J connectivity index is 0.00000174. The van der Waals surface area contributed by atoms with Gasteiger partial charge in [-0.25, -0.2) is 10.5 Å². The van der Waals surface area contributed by atoms with E-state index in [1.54, 1.807) is 48.1 Å². The van der Waals surface area contributed by atoms with Gasteiger partial charge >= 0.3 is 0 Å². The van der Waals surface area contributed by atoms with E-state index < -0.39 is 10.8 Å². The maximum absolute atomic E-state index is 11.3. The van der Waals surface area contributed by atoms with Gasteiger partial charge < -0.3 is 25.2 Å². The summed E-state index contributed by atoms with van der Waals surface area (Å²) >= 11 is 0. The van der Waals surface area contributed by atoms with E-state index >= 15 is 0 Å². The lowest BCUT2D eigenvalue weighted by Gasteiger charge is -2.34. The van der Waals surface area contributed by atoms with E-state index in [9.17, 15) is 25.3 Å². The third-order valence-corrected chi connectivity index (χ3v) is 7.93. The number of aromatic hydroxyl groups is 1. The molecule has 2 heterocycles. The Morgan fingerprint density at radius 1 is 1.12 bits per heavy atom. The number of nitrogens with zero attached hydrogens (tertiary/aromatic N) is 4. The van der Waals surface area contributed by atoms with Gasteiger partial charge in [-0.3, -0.25) is 24.9 Å². The van der Waals surface area contributed by atoms with Gasteiger partial charge in [0.2, 0.25) is 0 Å². The second kappa shape index (κ2) is 17.0. The Bertz CT molecular complexity index is 1850. The van der Waals surface area contributed by atoms with E-state index in [-0.39, 0.29) is 24.0 Å². The second-order valence-corrected chi connectivity index (χ2v) is 10.8. The molecule has 0 radical (unpaired) electrons. The fraction of sp³-hybridized carbons (Fsp3) is 0.200. The topological polar surface area (TPSA) is 211 Å². The van der Waals surface area contributed by atoms with Gasteiger partial charge in [-0.15, -0.1) is 0 Å². The normalized spacial score (nSPS) is 12.8. The number of nitro benzene ring substituents is 1. The lowest BCUT2D eigenvalue weighted by atomic mass is 9.91. The standard InChI is InChI=1S/C34H32N6O6.CH2O2/c1-46-31-12-9-25(18-30(31)41)29-21-37-34(28(19-35)33(29)24-7-10-27(11-8-24)40(44)45)39-16-14-26(15-17-39)36-20-23-4-2-22(3-5-23)6-13-32(42)38-43;2-1-3/h2-13,18,21,26,36,41,43H,14-17,20H2,1H3,(H,38,42);1H,(H,2,3)/b13-6+;. The SMILES string of the molecule is COc1ccc(-c2cnc(N3CCC(NCc4ccc(/C=C/C(=O)NO)cc4)CC3)c(C#N)c2-c2ccc([N+](=O)[O-])cc2)cc1O.O=CO. The van der Waals surface area contributed by atoms with Crippen LogP contribution in [0.25, 0.3) is 28.3 Å². The van der Waals surface area contributed by atoms with Gasteiger partial charge in [0, 0.05) is 61.2 Å². The van der Waals surface area contributed by atoms with Crippen molar-refractivity contribution in [1.29, 1.82) is 5.26 Å². The molecule has 0 aliphatic carbocycles. The zero-order valence-electron chi connectivity index (χ0n) is 26.4. The molecule has 1 fully saturated rings. The van der Waals surface area contributed by atoms with E-state index in [1.807, 2.05) is 24.3 Å². The van der Waals surface area contributed by atoms with E-state index in [4.69, 9.17) is 24.8 Å². The third-order valence-electron chi connectivity index (χ3n) is 7.93. The van der Waals surface area contributed by atoms with Crippen molar-refractivity contribution >= 4 is 30.0 Å². The number of nitriles is 1. The number of carboxylic acid groups (broad SMARTS) is 1. The Hall–Kier alpha value is -6.30. The molecule has 5 rings (SSSR count). The number of hydroxylamine groups is 1. The number of methoxy groups -OCH3 is 1. The summed E-state index contributed by atoms with van der Waals surface area (Å²) in [6.45, 7) is 1.75. The van der Waals surface area contributed by atoms with Crippen molar-refractivity contribution in [2.45, 2.75) is 25.4 Å². The minimum Gasteiger partial charge on any atom is -0.504 e. The molecule has 1 amide bonds. The number of pyridine rings is 1. The summed E-state index contributed by atoms with van der Waals surface area (Å²) < 4.78 is 5.19. The second-order valence-electron chi connectivity index (χ2n) is 10.8. The number of amides is 1. The summed E-state index contributed by atoms with van der Waals surface area (Å²) in [6, 6.07) is 21.3. The molecule has 1 aliphatic rings. The molecule has 1 aliphatic heterocycles. The maximum atomic E-state index is 11.3. The molecule has 1 saturated heterocycles. The number of benzene rings is 3. The van der Waals surface area contributed by atoms with Crippen LogP contribution in [0, 0.1) is 21.4 Å². The highest BCUT2D eigenvalue weighted by Gasteiger charge is 2.26. The maximum Gasteiger partial charge on any atom is 0.290 e. The number of carbonyl (C=O) groups is 2. The first-order valence-corrected chi connectivity index (χ1v) is 15.1. The largest absolute Gasteiger partial charge is 0.504 e. The van der Waals surface area contributed by atoms with E-state index in [0.29, 0.717) is 59.0 Å². The number of non-ortho nitro benzene ring substituents is 1. The van der Waals surface area contributed by atoms with Crippen LogP contribution in [0.2, 0.25) is 0 Å². The smallest absolute Gasteiger partial charge is 0.290 e. The van der Waals surface area contributed by atoms with Crippen LogP contribution in [0.15, 0.2) is 79.0 Å². The van der Waals surface area contributed by atoms with Crippen LogP contribution < -0.4 is 20.4 Å². The minimum absolute atomic E-state index is 0.0605. The molecule has 0 atom stereocenters. The van der Waals surface area contributed by atoms with Gasteiger partial charge in [0.25, 0.3) is 18.1 Å². The zero-order chi connectivity index (χ0) is 35.3. The van der Waals surface area contributed by atoms with Crippen molar-refractivity contribution in [1.82, 2.24) is 15.8 Å². The summed E-state index contributed by atoms with van der Waals surface area (Å²) in [7, 11) is 1.46. The van der Waals surface area contributed by atoms with Crippen LogP contribution in [0.3, 0.4) is 0 Å². The summed E-state index contributed by atoms with van der Waals surface area (Å²) in [6.07, 6.45) is 6.19. The highest BCUT2D eigenvalue weighted by molar-refractivity contribution is 5.91. The Kier molecular flexibility index (Phi) is 12.4. The quantitative estimate of drug-likeness (QED) is 0.0504. The van der Waals surface area contributed by atoms with Crippen LogP contribution in [0.1, 0.15) is 29.5 Å². The van der Waals surface area contributed by atoms with Gasteiger partial charge in [0.05, 0.1) is 12.0 Å². The summed E-state index contributed by atoms with van der Waals surface area (Å²) in [5.74, 6) is 0.187. The fourth-order valence-electron chi connectivity index (χ4n) is 5.49. The molecule has 0 bridgehead atoms.